The maximum absolute atomic E-state index is 11.8. The smallest absolute Gasteiger partial charge is 0.187 e. The lowest BCUT2D eigenvalue weighted by Gasteiger charge is -2.49. The topological polar surface area (TPSA) is 137 Å². The molecule has 2 aliphatic rings. The van der Waals surface area contributed by atoms with E-state index in [1.165, 1.54) is 6.92 Å². The van der Waals surface area contributed by atoms with E-state index in [-0.39, 0.29) is 12.2 Å². The van der Waals surface area contributed by atoms with Crippen LogP contribution in [0.15, 0.2) is 16.9 Å². The lowest BCUT2D eigenvalue weighted by molar-refractivity contribution is -0.325. The van der Waals surface area contributed by atoms with Gasteiger partial charge in [-0.05, 0) is 32.6 Å². The summed E-state index contributed by atoms with van der Waals surface area (Å²) in [5.74, 6) is -0.149. The fourth-order valence-electron chi connectivity index (χ4n) is 4.14. The Labute approximate surface area is 165 Å². The van der Waals surface area contributed by atoms with Gasteiger partial charge in [0.25, 0.3) is 0 Å². The minimum Gasteiger partial charge on any atom is -0.394 e. The third-order valence-electron chi connectivity index (χ3n) is 5.64. The molecule has 28 heavy (non-hydrogen) atoms. The van der Waals surface area contributed by atoms with Gasteiger partial charge in [0.1, 0.15) is 24.4 Å². The molecule has 1 saturated carbocycles. The van der Waals surface area contributed by atoms with Crippen molar-refractivity contribution < 1.29 is 39.8 Å². The number of aliphatic hydroxyl groups excluding tert-OH is 5. The van der Waals surface area contributed by atoms with E-state index >= 15 is 0 Å². The zero-order valence-corrected chi connectivity index (χ0v) is 17.0. The molecule has 2 fully saturated rings. The molecule has 0 aromatic carbocycles. The molecule has 0 aromatic rings. The molecule has 7 atom stereocenters. The van der Waals surface area contributed by atoms with Crippen molar-refractivity contribution in [2.75, 3.05) is 6.61 Å². The van der Waals surface area contributed by atoms with E-state index in [0.29, 0.717) is 17.6 Å². The second-order valence-electron chi connectivity index (χ2n) is 8.67. The van der Waals surface area contributed by atoms with Crippen LogP contribution in [-0.2, 0) is 14.3 Å². The van der Waals surface area contributed by atoms with E-state index in [1.54, 1.807) is 13.8 Å². The molecule has 0 radical (unpaired) electrons. The maximum atomic E-state index is 11.8. The first-order chi connectivity index (χ1) is 12.8. The summed E-state index contributed by atoms with van der Waals surface area (Å²) in [7, 11) is 0. The minimum absolute atomic E-state index is 0.149. The molecule has 8 nitrogen and oxygen atoms in total. The van der Waals surface area contributed by atoms with Crippen molar-refractivity contribution in [3.05, 3.63) is 16.9 Å². The SMILES string of the molecule is CC(=O)C(C)=C=C1C(C)(C)C[C@H](O)C[C@@]1(C)O[C@@H]1O[C@H](CO)[C@@H](O)[C@H](O)[C@H]1O. The highest BCUT2D eigenvalue weighted by atomic mass is 16.7. The van der Waals surface area contributed by atoms with E-state index in [2.05, 4.69) is 5.73 Å². The van der Waals surface area contributed by atoms with Crippen molar-refractivity contribution in [3.63, 3.8) is 0 Å². The number of carbonyl (C=O) groups excluding carboxylic acids is 1. The van der Waals surface area contributed by atoms with Gasteiger partial charge in [-0.1, -0.05) is 13.8 Å². The second-order valence-corrected chi connectivity index (χ2v) is 8.67. The van der Waals surface area contributed by atoms with E-state index < -0.39 is 54.4 Å². The number of carbonyl (C=O) groups is 1. The van der Waals surface area contributed by atoms with Crippen molar-refractivity contribution in [1.29, 1.82) is 0 Å². The molecule has 2 rings (SSSR count). The number of ether oxygens (including phenoxy) is 2. The van der Waals surface area contributed by atoms with Gasteiger partial charge in [0.2, 0.25) is 0 Å². The third kappa shape index (κ3) is 4.56. The molecule has 1 aliphatic heterocycles. The molecule has 1 aliphatic carbocycles. The Kier molecular flexibility index (Phi) is 6.91. The van der Waals surface area contributed by atoms with Crippen LogP contribution in [0.1, 0.15) is 47.5 Å². The van der Waals surface area contributed by atoms with Crippen molar-refractivity contribution in [2.24, 2.45) is 5.41 Å². The lowest BCUT2D eigenvalue weighted by atomic mass is 9.65. The molecule has 160 valence electrons. The van der Waals surface area contributed by atoms with Crippen LogP contribution in [-0.4, -0.2) is 80.3 Å². The van der Waals surface area contributed by atoms with Gasteiger partial charge in [0.15, 0.2) is 12.1 Å². The van der Waals surface area contributed by atoms with Crippen molar-refractivity contribution in [3.8, 4) is 0 Å². The first kappa shape index (κ1) is 23.2. The normalized spacial score (nSPS) is 40.7. The zero-order chi connectivity index (χ0) is 21.4. The van der Waals surface area contributed by atoms with Crippen LogP contribution in [0.25, 0.3) is 0 Å². The van der Waals surface area contributed by atoms with E-state index in [4.69, 9.17) is 9.47 Å². The molecule has 0 aromatic heterocycles. The number of ketones is 1. The number of Topliss-reactive ketones (excluding diaryl/α,β-unsaturated/α-hetero) is 1. The summed E-state index contributed by atoms with van der Waals surface area (Å²) in [5, 5.41) is 50.1. The summed E-state index contributed by atoms with van der Waals surface area (Å²) in [5.41, 5.74) is 2.44. The van der Waals surface area contributed by atoms with E-state index in [0.717, 1.165) is 0 Å². The van der Waals surface area contributed by atoms with Crippen molar-refractivity contribution in [2.45, 2.75) is 89.9 Å². The fraction of sp³-hybridized carbons (Fsp3) is 0.800. The fourth-order valence-corrected chi connectivity index (χ4v) is 4.14. The number of hydrogen-bond acceptors (Lipinski definition) is 8. The molecule has 5 N–H and O–H groups in total. The van der Waals surface area contributed by atoms with Crippen LogP contribution in [0.4, 0.5) is 0 Å². The Morgan fingerprint density at radius 1 is 1.11 bits per heavy atom. The largest absolute Gasteiger partial charge is 0.394 e. The Hall–Kier alpha value is -1.09. The summed E-state index contributed by atoms with van der Waals surface area (Å²) in [4.78, 5) is 11.8. The molecule has 1 heterocycles. The molecule has 8 heteroatoms. The van der Waals surface area contributed by atoms with E-state index in [1.807, 2.05) is 13.8 Å². The third-order valence-corrected chi connectivity index (χ3v) is 5.64. The van der Waals surface area contributed by atoms with Crippen LogP contribution in [0.3, 0.4) is 0 Å². The first-order valence-corrected chi connectivity index (χ1v) is 9.48. The Balaban J connectivity index is 2.47. The van der Waals surface area contributed by atoms with Gasteiger partial charge in [-0.2, -0.15) is 0 Å². The van der Waals surface area contributed by atoms with Gasteiger partial charge in [-0.15, -0.1) is 5.73 Å². The second kappa shape index (κ2) is 8.34. The predicted octanol–water partition coefficient (Wildman–Crippen LogP) is -0.197. The summed E-state index contributed by atoms with van der Waals surface area (Å²) >= 11 is 0. The molecule has 0 unspecified atom stereocenters. The predicted molar refractivity (Wildman–Crippen MR) is 99.2 cm³/mol. The number of aliphatic hydroxyl groups is 5. The lowest BCUT2D eigenvalue weighted by Crippen LogP contribution is -2.61. The van der Waals surface area contributed by atoms with Crippen molar-refractivity contribution in [1.82, 2.24) is 0 Å². The highest BCUT2D eigenvalue weighted by molar-refractivity contribution is 5.92. The Morgan fingerprint density at radius 2 is 1.71 bits per heavy atom. The molecule has 0 amide bonds. The van der Waals surface area contributed by atoms with Crippen LogP contribution in [0, 0.1) is 5.41 Å². The van der Waals surface area contributed by atoms with Crippen molar-refractivity contribution >= 4 is 5.78 Å². The first-order valence-electron chi connectivity index (χ1n) is 9.48. The van der Waals surface area contributed by atoms with Gasteiger partial charge in [-0.25, -0.2) is 0 Å². The van der Waals surface area contributed by atoms with Gasteiger partial charge < -0.3 is 35.0 Å². The van der Waals surface area contributed by atoms with Crippen LogP contribution < -0.4 is 0 Å². The Morgan fingerprint density at radius 3 is 2.25 bits per heavy atom. The monoisotopic (exact) mass is 400 g/mol. The standard InChI is InChI=1S/C20H32O8/c1-10(11(2)22)6-14-19(3,4)7-12(23)8-20(14,5)28-18-17(26)16(25)15(24)13(9-21)27-18/h12-13,15-18,21,23-26H,7-9H2,1-5H3/t6?,12-,13+,15+,16-,17+,18-,20+/m0/s1. The van der Waals surface area contributed by atoms with Crippen LogP contribution in [0.2, 0.25) is 0 Å². The summed E-state index contributed by atoms with van der Waals surface area (Å²) in [6.45, 7) is 8.02. The summed E-state index contributed by atoms with van der Waals surface area (Å²) in [6.07, 6.45) is -7.16. The van der Waals surface area contributed by atoms with Crippen LogP contribution in [0.5, 0.6) is 0 Å². The quantitative estimate of drug-likeness (QED) is 0.323. The van der Waals surface area contributed by atoms with Gasteiger partial charge >= 0.3 is 0 Å². The highest BCUT2D eigenvalue weighted by Gasteiger charge is 2.51. The van der Waals surface area contributed by atoms with Crippen LogP contribution >= 0.6 is 0 Å². The summed E-state index contributed by atoms with van der Waals surface area (Å²) in [6, 6.07) is 0. The molecular formula is C20H32O8. The molecule has 0 spiro atoms. The maximum Gasteiger partial charge on any atom is 0.187 e. The molecule has 1 saturated heterocycles. The van der Waals surface area contributed by atoms with Gasteiger partial charge in [-0.3, -0.25) is 4.79 Å². The zero-order valence-electron chi connectivity index (χ0n) is 17.0. The molecule has 0 bridgehead atoms. The average Bonchev–Trinajstić information content (AvgIpc) is 2.57. The van der Waals surface area contributed by atoms with E-state index in [9.17, 15) is 30.3 Å². The highest BCUT2D eigenvalue weighted by Crippen LogP contribution is 2.48. The Bertz CT molecular complexity index is 663. The number of hydrogen-bond donors (Lipinski definition) is 5. The number of rotatable bonds is 4. The minimum atomic E-state index is -1.57. The van der Waals surface area contributed by atoms with Gasteiger partial charge in [0.05, 0.1) is 18.3 Å². The molecular weight excluding hydrogens is 368 g/mol. The average molecular weight is 400 g/mol. The summed E-state index contributed by atoms with van der Waals surface area (Å²) < 4.78 is 11.5. The van der Waals surface area contributed by atoms with Gasteiger partial charge in [0, 0.05) is 17.6 Å².